The molecule has 1 aliphatic carbocycles. The number of benzene rings is 1. The zero-order valence-electron chi connectivity index (χ0n) is 12.4. The summed E-state index contributed by atoms with van der Waals surface area (Å²) in [6, 6.07) is 4.96. The minimum Gasteiger partial charge on any atom is -0.399 e. The van der Waals surface area contributed by atoms with Crippen LogP contribution in [-0.2, 0) is 10.0 Å². The van der Waals surface area contributed by atoms with Gasteiger partial charge in [-0.1, -0.05) is 20.3 Å². The second-order valence-electron chi connectivity index (χ2n) is 5.86. The molecule has 1 fully saturated rings. The van der Waals surface area contributed by atoms with Gasteiger partial charge in [0.05, 0.1) is 4.90 Å². The first kappa shape index (κ1) is 15.3. The minimum atomic E-state index is -3.46. The van der Waals surface area contributed by atoms with Crippen molar-refractivity contribution in [1.82, 2.24) is 4.72 Å². The first-order chi connectivity index (χ1) is 9.35. The van der Waals surface area contributed by atoms with Gasteiger partial charge in [-0.05, 0) is 55.4 Å². The van der Waals surface area contributed by atoms with E-state index in [1.807, 2.05) is 0 Å². The first-order valence-corrected chi connectivity index (χ1v) is 8.72. The third-order valence-electron chi connectivity index (χ3n) is 4.55. The molecule has 3 atom stereocenters. The van der Waals surface area contributed by atoms with Crippen molar-refractivity contribution < 1.29 is 8.42 Å². The van der Waals surface area contributed by atoms with E-state index in [1.165, 1.54) is 0 Å². The van der Waals surface area contributed by atoms with Crippen molar-refractivity contribution in [2.45, 2.75) is 51.0 Å². The standard InChI is InChI=1S/C15H24N2O2S/c1-4-12-5-7-14(11(12)3)17-20(18,19)15-8-6-13(16)9-10(15)2/h6,8-9,11-12,14,17H,4-5,7,16H2,1-3H3. The molecule has 1 aromatic rings. The molecule has 4 nitrogen and oxygen atoms in total. The SMILES string of the molecule is CCC1CCC(NS(=O)(=O)c2ccc(N)cc2C)C1C. The van der Waals surface area contributed by atoms with Gasteiger partial charge in [0.25, 0.3) is 0 Å². The Labute approximate surface area is 121 Å². The molecule has 0 aliphatic heterocycles. The highest BCUT2D eigenvalue weighted by Crippen LogP contribution is 2.34. The molecule has 0 amide bonds. The van der Waals surface area contributed by atoms with E-state index in [2.05, 4.69) is 18.6 Å². The molecule has 0 spiro atoms. The number of rotatable bonds is 4. The number of anilines is 1. The molecule has 0 saturated heterocycles. The molecule has 3 unspecified atom stereocenters. The zero-order chi connectivity index (χ0) is 14.9. The maximum atomic E-state index is 12.5. The second-order valence-corrected chi connectivity index (χ2v) is 7.54. The lowest BCUT2D eigenvalue weighted by Gasteiger charge is -2.21. The fourth-order valence-electron chi connectivity index (χ4n) is 3.23. The van der Waals surface area contributed by atoms with Crippen LogP contribution in [0.1, 0.15) is 38.7 Å². The molecule has 3 N–H and O–H groups in total. The monoisotopic (exact) mass is 296 g/mol. The summed E-state index contributed by atoms with van der Waals surface area (Å²) < 4.78 is 27.9. The Balaban J connectivity index is 2.20. The van der Waals surface area contributed by atoms with Gasteiger partial charge in [0.2, 0.25) is 10.0 Å². The highest BCUT2D eigenvalue weighted by molar-refractivity contribution is 7.89. The van der Waals surface area contributed by atoms with Crippen LogP contribution in [0, 0.1) is 18.8 Å². The summed E-state index contributed by atoms with van der Waals surface area (Å²) in [5, 5.41) is 0. The Kier molecular flexibility index (Phi) is 4.39. The molecular formula is C15H24N2O2S. The quantitative estimate of drug-likeness (QED) is 0.839. The van der Waals surface area contributed by atoms with Crippen LogP contribution in [0.2, 0.25) is 0 Å². The number of nitrogen functional groups attached to an aromatic ring is 1. The maximum Gasteiger partial charge on any atom is 0.241 e. The summed E-state index contributed by atoms with van der Waals surface area (Å²) in [6.07, 6.45) is 3.14. The lowest BCUT2D eigenvalue weighted by atomic mass is 9.94. The molecular weight excluding hydrogens is 272 g/mol. The fraction of sp³-hybridized carbons (Fsp3) is 0.600. The van der Waals surface area contributed by atoms with Crippen molar-refractivity contribution in [2.75, 3.05) is 5.73 Å². The van der Waals surface area contributed by atoms with Crippen molar-refractivity contribution in [1.29, 1.82) is 0 Å². The van der Waals surface area contributed by atoms with E-state index >= 15 is 0 Å². The van der Waals surface area contributed by atoms with Crippen LogP contribution in [0.5, 0.6) is 0 Å². The molecule has 5 heteroatoms. The van der Waals surface area contributed by atoms with Gasteiger partial charge in [-0.15, -0.1) is 0 Å². The molecule has 0 radical (unpaired) electrons. The summed E-state index contributed by atoms with van der Waals surface area (Å²) in [7, 11) is -3.46. The Morgan fingerprint density at radius 2 is 2.05 bits per heavy atom. The molecule has 0 heterocycles. The Bertz CT molecular complexity index is 584. The van der Waals surface area contributed by atoms with E-state index in [0.717, 1.165) is 19.3 Å². The van der Waals surface area contributed by atoms with Crippen molar-refractivity contribution >= 4 is 15.7 Å². The van der Waals surface area contributed by atoms with Crippen LogP contribution in [-0.4, -0.2) is 14.5 Å². The van der Waals surface area contributed by atoms with Gasteiger partial charge in [-0.25, -0.2) is 13.1 Å². The van der Waals surface area contributed by atoms with E-state index < -0.39 is 10.0 Å². The Morgan fingerprint density at radius 3 is 2.60 bits per heavy atom. The second kappa shape index (κ2) is 5.74. The lowest BCUT2D eigenvalue weighted by molar-refractivity contribution is 0.368. The predicted octanol–water partition coefficient (Wildman–Crippen LogP) is 2.68. The first-order valence-electron chi connectivity index (χ1n) is 7.23. The van der Waals surface area contributed by atoms with E-state index in [1.54, 1.807) is 25.1 Å². The van der Waals surface area contributed by atoms with E-state index in [0.29, 0.717) is 28.0 Å². The van der Waals surface area contributed by atoms with Gasteiger partial charge in [-0.2, -0.15) is 0 Å². The van der Waals surface area contributed by atoms with Gasteiger partial charge in [0, 0.05) is 11.7 Å². The summed E-state index contributed by atoms with van der Waals surface area (Å²) >= 11 is 0. The van der Waals surface area contributed by atoms with Gasteiger partial charge in [0.15, 0.2) is 0 Å². The summed E-state index contributed by atoms with van der Waals surface area (Å²) in [5.74, 6) is 1.01. The van der Waals surface area contributed by atoms with Crippen LogP contribution in [0.15, 0.2) is 23.1 Å². The van der Waals surface area contributed by atoms with Crippen LogP contribution in [0.3, 0.4) is 0 Å². The molecule has 1 aliphatic rings. The van der Waals surface area contributed by atoms with Crippen LogP contribution in [0.25, 0.3) is 0 Å². The van der Waals surface area contributed by atoms with Crippen molar-refractivity contribution in [2.24, 2.45) is 11.8 Å². The molecule has 2 rings (SSSR count). The van der Waals surface area contributed by atoms with Gasteiger partial charge >= 0.3 is 0 Å². The average molecular weight is 296 g/mol. The number of hydrogen-bond donors (Lipinski definition) is 2. The van der Waals surface area contributed by atoms with Crippen molar-refractivity contribution in [3.63, 3.8) is 0 Å². The van der Waals surface area contributed by atoms with Crippen LogP contribution >= 0.6 is 0 Å². The number of aryl methyl sites for hydroxylation is 1. The van der Waals surface area contributed by atoms with Gasteiger partial charge in [0.1, 0.15) is 0 Å². The molecule has 1 saturated carbocycles. The summed E-state index contributed by atoms with van der Waals surface area (Å²) in [6.45, 7) is 6.09. The fourth-order valence-corrected chi connectivity index (χ4v) is 4.82. The number of nitrogens with two attached hydrogens (primary N) is 1. The highest BCUT2D eigenvalue weighted by Gasteiger charge is 2.34. The number of sulfonamides is 1. The molecule has 0 aromatic heterocycles. The molecule has 112 valence electrons. The van der Waals surface area contributed by atoms with E-state index in [4.69, 9.17) is 5.73 Å². The topological polar surface area (TPSA) is 72.2 Å². The van der Waals surface area contributed by atoms with Crippen molar-refractivity contribution in [3.8, 4) is 0 Å². The van der Waals surface area contributed by atoms with Gasteiger partial charge < -0.3 is 5.73 Å². The maximum absolute atomic E-state index is 12.5. The van der Waals surface area contributed by atoms with Gasteiger partial charge in [-0.3, -0.25) is 0 Å². The Morgan fingerprint density at radius 1 is 1.35 bits per heavy atom. The zero-order valence-corrected chi connectivity index (χ0v) is 13.2. The van der Waals surface area contributed by atoms with Crippen molar-refractivity contribution in [3.05, 3.63) is 23.8 Å². The normalized spacial score (nSPS) is 26.9. The summed E-state index contributed by atoms with van der Waals surface area (Å²) in [5.41, 5.74) is 6.95. The van der Waals surface area contributed by atoms with E-state index in [9.17, 15) is 8.42 Å². The third kappa shape index (κ3) is 2.99. The average Bonchev–Trinajstić information content (AvgIpc) is 2.69. The smallest absolute Gasteiger partial charge is 0.241 e. The Hall–Kier alpha value is -1.07. The molecule has 1 aromatic carbocycles. The number of nitrogens with one attached hydrogen (secondary N) is 1. The van der Waals surface area contributed by atoms with Crippen LogP contribution < -0.4 is 10.5 Å². The molecule has 20 heavy (non-hydrogen) atoms. The minimum absolute atomic E-state index is 0.0434. The van der Waals surface area contributed by atoms with Crippen LogP contribution in [0.4, 0.5) is 5.69 Å². The largest absolute Gasteiger partial charge is 0.399 e. The highest BCUT2D eigenvalue weighted by atomic mass is 32.2. The molecule has 0 bridgehead atoms. The lowest BCUT2D eigenvalue weighted by Crippen LogP contribution is -2.37. The number of hydrogen-bond acceptors (Lipinski definition) is 3. The summed E-state index contributed by atoms with van der Waals surface area (Å²) in [4.78, 5) is 0.332. The van der Waals surface area contributed by atoms with E-state index in [-0.39, 0.29) is 6.04 Å². The predicted molar refractivity (Wildman–Crippen MR) is 81.9 cm³/mol. The third-order valence-corrected chi connectivity index (χ3v) is 6.20.